The minimum atomic E-state index is -5.12. The maximum absolute atomic E-state index is 14.1. The SMILES string of the molecule is CC(c1ccc(Oc2ccc(C(=O)O)c(F)c2)cc1Cl)C(O)(c1ccc(=O)n(C)c1)C(F)(F)F. The van der Waals surface area contributed by atoms with Crippen LogP contribution in [-0.2, 0) is 12.6 Å². The summed E-state index contributed by atoms with van der Waals surface area (Å²) in [6, 6.07) is 8.57. The molecule has 0 amide bonds. The van der Waals surface area contributed by atoms with Crippen LogP contribution in [0.1, 0.15) is 34.3 Å². The zero-order valence-electron chi connectivity index (χ0n) is 17.7. The first-order valence-electron chi connectivity index (χ1n) is 9.72. The summed E-state index contributed by atoms with van der Waals surface area (Å²) >= 11 is 6.22. The Bertz CT molecular complexity index is 1310. The topological polar surface area (TPSA) is 88.8 Å². The van der Waals surface area contributed by atoms with E-state index < -0.39 is 46.2 Å². The average molecular weight is 500 g/mol. The normalized spacial score (nSPS) is 14.4. The second-order valence-corrected chi connectivity index (χ2v) is 7.99. The van der Waals surface area contributed by atoms with Crippen LogP contribution in [0, 0.1) is 5.82 Å². The van der Waals surface area contributed by atoms with Crippen LogP contribution in [0.3, 0.4) is 0 Å². The minimum absolute atomic E-state index is 0.0427. The van der Waals surface area contributed by atoms with Gasteiger partial charge in [0.1, 0.15) is 17.3 Å². The third kappa shape index (κ3) is 4.64. The highest BCUT2D eigenvalue weighted by Crippen LogP contribution is 2.49. The second kappa shape index (κ2) is 9.11. The number of carboxylic acids is 1. The van der Waals surface area contributed by atoms with Gasteiger partial charge in [-0.3, -0.25) is 4.79 Å². The van der Waals surface area contributed by atoms with Gasteiger partial charge in [-0.05, 0) is 35.9 Å². The molecular formula is C23H18ClF4NO5. The van der Waals surface area contributed by atoms with Crippen LogP contribution in [0.2, 0.25) is 5.02 Å². The number of rotatable bonds is 6. The van der Waals surface area contributed by atoms with E-state index in [0.717, 1.165) is 42.0 Å². The van der Waals surface area contributed by atoms with Crippen molar-refractivity contribution in [1.29, 1.82) is 0 Å². The summed E-state index contributed by atoms with van der Waals surface area (Å²) in [6.45, 7) is 1.14. The van der Waals surface area contributed by atoms with Crippen LogP contribution >= 0.6 is 11.6 Å². The Labute approximate surface area is 195 Å². The molecule has 1 aromatic heterocycles. The Hall–Kier alpha value is -3.37. The average Bonchev–Trinajstić information content (AvgIpc) is 2.73. The fourth-order valence-corrected chi connectivity index (χ4v) is 3.83. The maximum atomic E-state index is 14.1. The predicted octanol–water partition coefficient (Wildman–Crippen LogP) is 5.22. The van der Waals surface area contributed by atoms with Gasteiger partial charge in [0.05, 0.1) is 5.56 Å². The Morgan fingerprint density at radius 2 is 1.71 bits per heavy atom. The quantitative estimate of drug-likeness (QED) is 0.454. The molecule has 180 valence electrons. The Balaban J connectivity index is 1.97. The lowest BCUT2D eigenvalue weighted by Crippen LogP contribution is -2.47. The van der Waals surface area contributed by atoms with Gasteiger partial charge in [0.15, 0.2) is 5.60 Å². The molecule has 0 aliphatic carbocycles. The van der Waals surface area contributed by atoms with Crippen LogP contribution in [0.4, 0.5) is 17.6 Å². The van der Waals surface area contributed by atoms with E-state index >= 15 is 0 Å². The summed E-state index contributed by atoms with van der Waals surface area (Å²) in [5.74, 6) is -4.11. The van der Waals surface area contributed by atoms with E-state index in [9.17, 15) is 32.3 Å². The summed E-state index contributed by atoms with van der Waals surface area (Å²) in [7, 11) is 1.26. The molecule has 2 aromatic carbocycles. The van der Waals surface area contributed by atoms with Gasteiger partial charge in [-0.25, -0.2) is 9.18 Å². The van der Waals surface area contributed by atoms with Crippen molar-refractivity contribution in [2.45, 2.75) is 24.6 Å². The highest BCUT2D eigenvalue weighted by Gasteiger charge is 2.59. The maximum Gasteiger partial charge on any atom is 0.422 e. The van der Waals surface area contributed by atoms with Crippen molar-refractivity contribution in [3.05, 3.63) is 92.6 Å². The first-order valence-corrected chi connectivity index (χ1v) is 10.1. The molecule has 0 aliphatic rings. The number of benzene rings is 2. The lowest BCUT2D eigenvalue weighted by molar-refractivity contribution is -0.274. The summed E-state index contributed by atoms with van der Waals surface area (Å²) < 4.78 is 62.5. The van der Waals surface area contributed by atoms with Crippen LogP contribution in [0.25, 0.3) is 0 Å². The minimum Gasteiger partial charge on any atom is -0.478 e. The number of halogens is 5. The van der Waals surface area contributed by atoms with Crippen LogP contribution in [-0.4, -0.2) is 26.9 Å². The largest absolute Gasteiger partial charge is 0.478 e. The van der Waals surface area contributed by atoms with Crippen molar-refractivity contribution >= 4 is 17.6 Å². The summed E-state index contributed by atoms with van der Waals surface area (Å²) in [6.07, 6.45) is -4.21. The van der Waals surface area contributed by atoms with Gasteiger partial charge in [-0.15, -0.1) is 0 Å². The number of pyridine rings is 1. The molecule has 34 heavy (non-hydrogen) atoms. The van der Waals surface area contributed by atoms with Gasteiger partial charge >= 0.3 is 12.1 Å². The third-order valence-electron chi connectivity index (χ3n) is 5.43. The van der Waals surface area contributed by atoms with E-state index in [1.54, 1.807) is 0 Å². The van der Waals surface area contributed by atoms with Gasteiger partial charge in [0.2, 0.25) is 5.56 Å². The van der Waals surface area contributed by atoms with Gasteiger partial charge in [0.25, 0.3) is 0 Å². The van der Waals surface area contributed by atoms with Gasteiger partial charge in [-0.2, -0.15) is 13.2 Å². The van der Waals surface area contributed by atoms with Gasteiger partial charge in [-0.1, -0.05) is 24.6 Å². The number of aromatic nitrogens is 1. The Kier molecular flexibility index (Phi) is 6.77. The second-order valence-electron chi connectivity index (χ2n) is 7.58. The van der Waals surface area contributed by atoms with Crippen LogP contribution < -0.4 is 10.3 Å². The summed E-state index contributed by atoms with van der Waals surface area (Å²) in [5.41, 5.74) is -5.08. The molecule has 11 heteroatoms. The molecule has 3 aromatic rings. The molecule has 0 spiro atoms. The fourth-order valence-electron chi connectivity index (χ4n) is 3.49. The Morgan fingerprint density at radius 1 is 1.09 bits per heavy atom. The van der Waals surface area contributed by atoms with E-state index in [1.807, 2.05) is 0 Å². The summed E-state index contributed by atoms with van der Waals surface area (Å²) in [4.78, 5) is 22.5. The molecule has 2 N–H and O–H groups in total. The zero-order valence-corrected chi connectivity index (χ0v) is 18.5. The molecular weight excluding hydrogens is 482 g/mol. The van der Waals surface area contributed by atoms with Crippen molar-refractivity contribution in [3.8, 4) is 11.5 Å². The first kappa shape index (κ1) is 25.3. The molecule has 0 aliphatic heterocycles. The van der Waals surface area contributed by atoms with Crippen molar-refractivity contribution in [2.75, 3.05) is 0 Å². The molecule has 0 saturated heterocycles. The number of ether oxygens (including phenoxy) is 1. The molecule has 1 heterocycles. The monoisotopic (exact) mass is 499 g/mol. The number of aromatic carboxylic acids is 1. The first-order chi connectivity index (χ1) is 15.8. The number of nitrogens with zero attached hydrogens (tertiary/aromatic N) is 1. The number of hydrogen-bond acceptors (Lipinski definition) is 4. The zero-order chi connectivity index (χ0) is 25.4. The smallest absolute Gasteiger partial charge is 0.422 e. The predicted molar refractivity (Wildman–Crippen MR) is 115 cm³/mol. The van der Waals surface area contributed by atoms with E-state index in [-0.39, 0.29) is 22.1 Å². The fraction of sp³-hybridized carbons (Fsp3) is 0.217. The molecule has 0 fully saturated rings. The number of aryl methyl sites for hydroxylation is 1. The lowest BCUT2D eigenvalue weighted by atomic mass is 9.78. The van der Waals surface area contributed by atoms with Crippen molar-refractivity contribution < 1.29 is 37.3 Å². The molecule has 0 saturated carbocycles. The number of alkyl halides is 3. The van der Waals surface area contributed by atoms with Gasteiger partial charge in [0, 0.05) is 41.9 Å². The number of carboxylic acid groups (broad SMARTS) is 1. The molecule has 2 unspecified atom stereocenters. The number of aliphatic hydroxyl groups is 1. The summed E-state index contributed by atoms with van der Waals surface area (Å²) in [5, 5.41) is 19.6. The molecule has 0 bridgehead atoms. The van der Waals surface area contributed by atoms with E-state index in [2.05, 4.69) is 0 Å². The van der Waals surface area contributed by atoms with Crippen molar-refractivity contribution in [2.24, 2.45) is 7.05 Å². The van der Waals surface area contributed by atoms with E-state index in [4.69, 9.17) is 21.4 Å². The van der Waals surface area contributed by atoms with Gasteiger partial charge < -0.3 is 19.5 Å². The molecule has 3 rings (SSSR count). The van der Waals surface area contributed by atoms with Crippen molar-refractivity contribution in [3.63, 3.8) is 0 Å². The third-order valence-corrected chi connectivity index (χ3v) is 5.76. The number of hydrogen-bond donors (Lipinski definition) is 2. The lowest BCUT2D eigenvalue weighted by Gasteiger charge is -2.37. The molecule has 2 atom stereocenters. The van der Waals surface area contributed by atoms with Crippen LogP contribution in [0.15, 0.2) is 59.5 Å². The highest BCUT2D eigenvalue weighted by molar-refractivity contribution is 6.31. The van der Waals surface area contributed by atoms with Crippen molar-refractivity contribution in [1.82, 2.24) is 4.57 Å². The van der Waals surface area contributed by atoms with E-state index in [1.165, 1.54) is 31.3 Å². The standard InChI is InChI=1S/C23H18ClF4NO5/c1-12(22(33,23(26,27)28)13-3-8-20(30)29(2)11-13)16-6-4-14(9-18(16)24)34-15-5-7-17(21(31)32)19(25)10-15/h3-12,33H,1-2H3,(H,31,32). The molecule has 6 nitrogen and oxygen atoms in total. The Morgan fingerprint density at radius 3 is 2.24 bits per heavy atom. The van der Waals surface area contributed by atoms with E-state index in [0.29, 0.717) is 0 Å². The number of carbonyl (C=O) groups is 1. The highest BCUT2D eigenvalue weighted by atomic mass is 35.5. The van der Waals surface area contributed by atoms with Crippen LogP contribution in [0.5, 0.6) is 11.5 Å². The molecule has 0 radical (unpaired) electrons.